The summed E-state index contributed by atoms with van der Waals surface area (Å²) in [4.78, 5) is 0. The summed E-state index contributed by atoms with van der Waals surface area (Å²) in [5, 5.41) is 0. The largest absolute Gasteiger partial charge is 0.0649 e. The second-order valence-corrected chi connectivity index (χ2v) is 12.5. The van der Waals surface area contributed by atoms with Gasteiger partial charge in [-0.25, -0.2) is 0 Å². The van der Waals surface area contributed by atoms with Crippen LogP contribution in [-0.2, 0) is 0 Å². The first-order chi connectivity index (χ1) is 14.3. The first-order valence-electron chi connectivity index (χ1n) is 14.3. The summed E-state index contributed by atoms with van der Waals surface area (Å²) in [5.41, 5.74) is 0.707. The van der Waals surface area contributed by atoms with E-state index in [4.69, 9.17) is 0 Å². The van der Waals surface area contributed by atoms with E-state index in [0.717, 1.165) is 29.6 Å². The molecule has 0 saturated heterocycles. The average Bonchev–Trinajstić information content (AvgIpc) is 2.68. The molecule has 0 heteroatoms. The maximum absolute atomic E-state index is 2.50. The lowest BCUT2D eigenvalue weighted by Gasteiger charge is -2.40. The predicted octanol–water partition coefficient (Wildman–Crippen LogP) is 10.8. The molecule has 0 heterocycles. The predicted molar refractivity (Wildman–Crippen MR) is 138 cm³/mol. The van der Waals surface area contributed by atoms with Gasteiger partial charge in [-0.05, 0) is 67.1 Å². The third-order valence-corrected chi connectivity index (χ3v) is 8.59. The Balaban J connectivity index is 2.17. The lowest BCUT2D eigenvalue weighted by Crippen LogP contribution is -2.27. The molecule has 1 aliphatic carbocycles. The van der Waals surface area contributed by atoms with Crippen LogP contribution in [0.1, 0.15) is 158 Å². The maximum atomic E-state index is 2.50. The fourth-order valence-corrected chi connectivity index (χ4v) is 5.98. The zero-order valence-electron chi connectivity index (χ0n) is 22.4. The molecule has 0 aliphatic heterocycles. The van der Waals surface area contributed by atoms with Gasteiger partial charge >= 0.3 is 0 Å². The van der Waals surface area contributed by atoms with E-state index in [9.17, 15) is 0 Å². The summed E-state index contributed by atoms with van der Waals surface area (Å²) in [7, 11) is 0. The van der Waals surface area contributed by atoms with Crippen molar-refractivity contribution in [2.45, 2.75) is 158 Å². The van der Waals surface area contributed by atoms with E-state index in [0.29, 0.717) is 5.41 Å². The van der Waals surface area contributed by atoms with Crippen LogP contribution >= 0.6 is 0 Å². The SMILES string of the molecule is CCC1(CCCC(C)CCCC(C)C)CCC(CCCC(C)CCCC(C)C)CC1. The van der Waals surface area contributed by atoms with E-state index in [1.807, 2.05) is 0 Å². The van der Waals surface area contributed by atoms with E-state index < -0.39 is 0 Å². The van der Waals surface area contributed by atoms with Crippen molar-refractivity contribution in [3.05, 3.63) is 0 Å². The standard InChI is InChI=1S/C30H60/c1-8-30(22-12-18-28(7)16-10-14-26(4)5)23-20-29(21-24-30)19-11-17-27(6)15-9-13-25(2)3/h25-29H,8-24H2,1-7H3. The van der Waals surface area contributed by atoms with Crippen molar-refractivity contribution in [3.8, 4) is 0 Å². The highest BCUT2D eigenvalue weighted by molar-refractivity contribution is 4.85. The summed E-state index contributed by atoms with van der Waals surface area (Å²) in [6.07, 6.45) is 25.1. The zero-order chi connectivity index (χ0) is 22.4. The van der Waals surface area contributed by atoms with E-state index in [1.165, 1.54) is 109 Å². The van der Waals surface area contributed by atoms with Crippen LogP contribution in [0.15, 0.2) is 0 Å². The third kappa shape index (κ3) is 12.8. The van der Waals surface area contributed by atoms with Crippen molar-refractivity contribution in [1.29, 1.82) is 0 Å². The molecule has 1 rings (SSSR count). The van der Waals surface area contributed by atoms with Crippen molar-refractivity contribution in [3.63, 3.8) is 0 Å². The van der Waals surface area contributed by atoms with Gasteiger partial charge in [0.05, 0.1) is 0 Å². The molecule has 180 valence electrons. The molecule has 0 bridgehead atoms. The van der Waals surface area contributed by atoms with Crippen LogP contribution in [0.25, 0.3) is 0 Å². The smallest absolute Gasteiger partial charge is 0.0300 e. The molecule has 1 fully saturated rings. The normalized spacial score (nSPS) is 24.5. The van der Waals surface area contributed by atoms with Crippen molar-refractivity contribution >= 4 is 0 Å². The molecule has 2 unspecified atom stereocenters. The van der Waals surface area contributed by atoms with Gasteiger partial charge in [-0.1, -0.05) is 126 Å². The van der Waals surface area contributed by atoms with Crippen molar-refractivity contribution in [1.82, 2.24) is 0 Å². The van der Waals surface area contributed by atoms with Gasteiger partial charge in [0.2, 0.25) is 0 Å². The number of rotatable bonds is 17. The van der Waals surface area contributed by atoms with Crippen LogP contribution < -0.4 is 0 Å². The Hall–Kier alpha value is 0. The number of hydrogen-bond acceptors (Lipinski definition) is 0. The molecule has 1 aliphatic rings. The molecule has 0 spiro atoms. The highest BCUT2D eigenvalue weighted by Gasteiger charge is 2.33. The summed E-state index contributed by atoms with van der Waals surface area (Å²) in [6, 6.07) is 0. The molecule has 0 aromatic heterocycles. The van der Waals surface area contributed by atoms with Crippen LogP contribution in [-0.4, -0.2) is 0 Å². The van der Waals surface area contributed by atoms with Gasteiger partial charge in [-0.3, -0.25) is 0 Å². The van der Waals surface area contributed by atoms with Gasteiger partial charge in [0.25, 0.3) is 0 Å². The number of hydrogen-bond donors (Lipinski definition) is 0. The van der Waals surface area contributed by atoms with Gasteiger partial charge in [0, 0.05) is 0 Å². The Labute approximate surface area is 192 Å². The second-order valence-electron chi connectivity index (χ2n) is 12.5. The molecule has 2 atom stereocenters. The van der Waals surface area contributed by atoms with Crippen LogP contribution in [0, 0.1) is 35.0 Å². The first-order valence-corrected chi connectivity index (χ1v) is 14.3. The minimum Gasteiger partial charge on any atom is -0.0649 e. The highest BCUT2D eigenvalue weighted by Crippen LogP contribution is 2.46. The van der Waals surface area contributed by atoms with Gasteiger partial charge in [0.1, 0.15) is 0 Å². The van der Waals surface area contributed by atoms with Gasteiger partial charge < -0.3 is 0 Å². The highest BCUT2D eigenvalue weighted by atomic mass is 14.4. The third-order valence-electron chi connectivity index (χ3n) is 8.59. The Kier molecular flexibility index (Phi) is 14.7. The van der Waals surface area contributed by atoms with Crippen molar-refractivity contribution in [2.75, 3.05) is 0 Å². The fourth-order valence-electron chi connectivity index (χ4n) is 5.98. The molecule has 0 nitrogen and oxygen atoms in total. The fraction of sp³-hybridized carbons (Fsp3) is 1.00. The molecule has 30 heavy (non-hydrogen) atoms. The minimum atomic E-state index is 0.707. The van der Waals surface area contributed by atoms with E-state index in [1.54, 1.807) is 0 Å². The summed E-state index contributed by atoms with van der Waals surface area (Å²) < 4.78 is 0. The summed E-state index contributed by atoms with van der Waals surface area (Å²) >= 11 is 0. The maximum Gasteiger partial charge on any atom is -0.0300 e. The lowest BCUT2D eigenvalue weighted by atomic mass is 9.65. The summed E-state index contributed by atoms with van der Waals surface area (Å²) in [5.74, 6) is 4.69. The first kappa shape index (κ1) is 28.0. The lowest BCUT2D eigenvalue weighted by molar-refractivity contribution is 0.119. The second kappa shape index (κ2) is 15.7. The van der Waals surface area contributed by atoms with E-state index >= 15 is 0 Å². The molecular weight excluding hydrogens is 360 g/mol. The molecule has 0 amide bonds. The Morgan fingerprint density at radius 2 is 1.10 bits per heavy atom. The zero-order valence-corrected chi connectivity index (χ0v) is 22.4. The van der Waals surface area contributed by atoms with Crippen LogP contribution in [0.5, 0.6) is 0 Å². The monoisotopic (exact) mass is 420 g/mol. The van der Waals surface area contributed by atoms with Gasteiger partial charge in [-0.2, -0.15) is 0 Å². The average molecular weight is 421 g/mol. The van der Waals surface area contributed by atoms with Crippen molar-refractivity contribution in [2.24, 2.45) is 35.0 Å². The minimum absolute atomic E-state index is 0.707. The van der Waals surface area contributed by atoms with Crippen molar-refractivity contribution < 1.29 is 0 Å². The molecule has 0 aromatic carbocycles. The van der Waals surface area contributed by atoms with Crippen LogP contribution in [0.2, 0.25) is 0 Å². The Morgan fingerprint density at radius 1 is 0.633 bits per heavy atom. The van der Waals surface area contributed by atoms with Gasteiger partial charge in [0.15, 0.2) is 0 Å². The Morgan fingerprint density at radius 3 is 1.57 bits per heavy atom. The van der Waals surface area contributed by atoms with Gasteiger partial charge in [-0.15, -0.1) is 0 Å². The Bertz CT molecular complexity index is 385. The molecule has 0 N–H and O–H groups in total. The van der Waals surface area contributed by atoms with E-state index in [-0.39, 0.29) is 0 Å². The molecule has 0 radical (unpaired) electrons. The van der Waals surface area contributed by atoms with E-state index in [2.05, 4.69) is 48.5 Å². The summed E-state index contributed by atoms with van der Waals surface area (Å²) in [6.45, 7) is 16.9. The molecular formula is C30H60. The topological polar surface area (TPSA) is 0 Å². The molecule has 0 aromatic rings. The van der Waals surface area contributed by atoms with Crippen LogP contribution in [0.4, 0.5) is 0 Å². The quantitative estimate of drug-likeness (QED) is 0.219. The molecule has 1 saturated carbocycles. The van der Waals surface area contributed by atoms with Crippen LogP contribution in [0.3, 0.4) is 0 Å².